The van der Waals surface area contributed by atoms with Crippen LogP contribution in [0.5, 0.6) is 0 Å². The average Bonchev–Trinajstić information content (AvgIpc) is 3.14. The van der Waals surface area contributed by atoms with Crippen molar-refractivity contribution in [3.63, 3.8) is 0 Å². The first-order chi connectivity index (χ1) is 12.7. The number of aromatic nitrogens is 4. The lowest BCUT2D eigenvalue weighted by Gasteiger charge is -2.26. The highest BCUT2D eigenvalue weighted by Crippen LogP contribution is 2.23. The summed E-state index contributed by atoms with van der Waals surface area (Å²) in [4.78, 5) is 2.49. The van der Waals surface area contributed by atoms with Crippen molar-refractivity contribution < 1.29 is 0 Å². The van der Waals surface area contributed by atoms with E-state index in [0.717, 1.165) is 42.9 Å². The summed E-state index contributed by atoms with van der Waals surface area (Å²) in [5.41, 5.74) is 3.29. The molecule has 1 aliphatic heterocycles. The topological polar surface area (TPSA) is 82.7 Å². The van der Waals surface area contributed by atoms with Crippen LogP contribution >= 0.6 is 0 Å². The maximum Gasteiger partial charge on any atom is 0.171 e. The van der Waals surface area contributed by atoms with Gasteiger partial charge in [0.25, 0.3) is 0 Å². The van der Waals surface area contributed by atoms with Crippen molar-refractivity contribution in [1.82, 2.24) is 24.9 Å². The van der Waals surface area contributed by atoms with Crippen LogP contribution in [-0.4, -0.2) is 44.5 Å². The van der Waals surface area contributed by atoms with E-state index < -0.39 is 0 Å². The maximum absolute atomic E-state index is 9.58. The quantitative estimate of drug-likeness (QED) is 0.824. The maximum atomic E-state index is 9.58. The summed E-state index contributed by atoms with van der Waals surface area (Å²) in [6, 6.07) is 2.29. The lowest BCUT2D eigenvalue weighted by atomic mass is 10.0. The number of rotatable bonds is 7. The lowest BCUT2D eigenvalue weighted by molar-refractivity contribution is 0.218. The highest BCUT2D eigenvalue weighted by atomic mass is 15.3. The monoisotopic (exact) mass is 353 g/mol. The standard InChI is InChI=1S/C19H27N7/c1-3-16-17(12-20)19(24-23-18(16)4-2)22-15-13-21-26(14-15)11-10-25-8-6-5-7-9-25/h13-14H,3-11H2,1-2H3,(H,22,24). The van der Waals surface area contributed by atoms with E-state index in [4.69, 9.17) is 0 Å². The van der Waals surface area contributed by atoms with E-state index in [1.807, 2.05) is 24.7 Å². The van der Waals surface area contributed by atoms with Gasteiger partial charge in [0, 0.05) is 12.7 Å². The van der Waals surface area contributed by atoms with Gasteiger partial charge in [-0.15, -0.1) is 5.10 Å². The summed E-state index contributed by atoms with van der Waals surface area (Å²) < 4.78 is 1.94. The lowest BCUT2D eigenvalue weighted by Crippen LogP contribution is -2.32. The third kappa shape index (κ3) is 4.20. The van der Waals surface area contributed by atoms with E-state index in [-0.39, 0.29) is 0 Å². The zero-order valence-corrected chi connectivity index (χ0v) is 15.7. The Labute approximate surface area is 155 Å². The Balaban J connectivity index is 1.68. The van der Waals surface area contributed by atoms with Gasteiger partial charge in [0.1, 0.15) is 11.6 Å². The van der Waals surface area contributed by atoms with Gasteiger partial charge in [0.05, 0.1) is 24.1 Å². The zero-order chi connectivity index (χ0) is 18.4. The third-order valence-corrected chi connectivity index (χ3v) is 4.95. The molecule has 3 heterocycles. The Morgan fingerprint density at radius 2 is 1.92 bits per heavy atom. The molecule has 0 atom stereocenters. The predicted octanol–water partition coefficient (Wildman–Crippen LogP) is 2.90. The number of piperidine rings is 1. The summed E-state index contributed by atoms with van der Waals surface area (Å²) >= 11 is 0. The first-order valence-corrected chi connectivity index (χ1v) is 9.55. The number of aryl methyl sites for hydroxylation is 1. The second-order valence-corrected chi connectivity index (χ2v) is 6.69. The number of anilines is 2. The molecule has 0 aliphatic carbocycles. The highest BCUT2D eigenvalue weighted by molar-refractivity contribution is 5.63. The van der Waals surface area contributed by atoms with Gasteiger partial charge < -0.3 is 10.2 Å². The van der Waals surface area contributed by atoms with Crippen LogP contribution in [-0.2, 0) is 19.4 Å². The van der Waals surface area contributed by atoms with Gasteiger partial charge in [-0.25, -0.2) is 0 Å². The first kappa shape index (κ1) is 18.3. The minimum absolute atomic E-state index is 0.511. The smallest absolute Gasteiger partial charge is 0.171 e. The van der Waals surface area contributed by atoms with Crippen molar-refractivity contribution in [3.05, 3.63) is 29.2 Å². The molecule has 1 aliphatic rings. The molecule has 0 aromatic carbocycles. The minimum atomic E-state index is 0.511. The number of nitrogens with one attached hydrogen (secondary N) is 1. The highest BCUT2D eigenvalue weighted by Gasteiger charge is 2.15. The summed E-state index contributed by atoms with van der Waals surface area (Å²) in [5.74, 6) is 0.511. The molecule has 2 aromatic heterocycles. The Bertz CT molecular complexity index is 769. The number of nitriles is 1. The number of nitrogens with zero attached hydrogens (tertiary/aromatic N) is 6. The fourth-order valence-corrected chi connectivity index (χ4v) is 3.49. The Morgan fingerprint density at radius 1 is 1.12 bits per heavy atom. The van der Waals surface area contributed by atoms with Crippen LogP contribution in [0.3, 0.4) is 0 Å². The molecule has 7 heteroatoms. The van der Waals surface area contributed by atoms with Crippen LogP contribution in [0.4, 0.5) is 11.5 Å². The molecular weight excluding hydrogens is 326 g/mol. The first-order valence-electron chi connectivity index (χ1n) is 9.55. The van der Waals surface area contributed by atoms with E-state index in [1.54, 1.807) is 6.20 Å². The molecule has 7 nitrogen and oxygen atoms in total. The van der Waals surface area contributed by atoms with Crippen LogP contribution in [0.2, 0.25) is 0 Å². The molecule has 0 saturated carbocycles. The number of hydrogen-bond acceptors (Lipinski definition) is 6. The van der Waals surface area contributed by atoms with E-state index in [1.165, 1.54) is 32.4 Å². The summed E-state index contributed by atoms with van der Waals surface area (Å²) in [6.07, 6.45) is 9.24. The number of likely N-dealkylation sites (tertiary alicyclic amines) is 1. The molecular formula is C19H27N7. The molecule has 3 rings (SSSR count). The largest absolute Gasteiger partial charge is 0.335 e. The minimum Gasteiger partial charge on any atom is -0.335 e. The molecule has 1 fully saturated rings. The van der Waals surface area contributed by atoms with Crippen LogP contribution in [0, 0.1) is 11.3 Å². The van der Waals surface area contributed by atoms with Crippen LogP contribution < -0.4 is 5.32 Å². The Hall–Kier alpha value is -2.46. The molecule has 0 spiro atoms. The van der Waals surface area contributed by atoms with Crippen molar-refractivity contribution in [2.45, 2.75) is 52.5 Å². The zero-order valence-electron chi connectivity index (χ0n) is 15.7. The van der Waals surface area contributed by atoms with E-state index in [0.29, 0.717) is 11.4 Å². The van der Waals surface area contributed by atoms with Gasteiger partial charge in [-0.1, -0.05) is 20.3 Å². The van der Waals surface area contributed by atoms with Crippen molar-refractivity contribution in [1.29, 1.82) is 5.26 Å². The number of hydrogen-bond donors (Lipinski definition) is 1. The average molecular weight is 353 g/mol. The summed E-state index contributed by atoms with van der Waals surface area (Å²) in [6.45, 7) is 8.35. The predicted molar refractivity (Wildman–Crippen MR) is 101 cm³/mol. The Morgan fingerprint density at radius 3 is 2.62 bits per heavy atom. The van der Waals surface area contributed by atoms with Crippen molar-refractivity contribution in [3.8, 4) is 6.07 Å². The SMILES string of the molecule is CCc1nnc(Nc2cnn(CCN3CCCCC3)c2)c(C#N)c1CC. The molecule has 0 radical (unpaired) electrons. The normalized spacial score (nSPS) is 15.0. The van der Waals surface area contributed by atoms with Gasteiger partial charge in [-0.2, -0.15) is 15.5 Å². The van der Waals surface area contributed by atoms with E-state index >= 15 is 0 Å². The fraction of sp³-hybridized carbons (Fsp3) is 0.579. The van der Waals surface area contributed by atoms with Gasteiger partial charge in [0.15, 0.2) is 5.82 Å². The second-order valence-electron chi connectivity index (χ2n) is 6.69. The van der Waals surface area contributed by atoms with Crippen molar-refractivity contribution >= 4 is 11.5 Å². The molecule has 138 valence electrons. The van der Waals surface area contributed by atoms with Crippen molar-refractivity contribution in [2.24, 2.45) is 0 Å². The van der Waals surface area contributed by atoms with E-state index in [2.05, 4.69) is 31.6 Å². The molecule has 0 unspecified atom stereocenters. The van der Waals surface area contributed by atoms with Gasteiger partial charge in [-0.05, 0) is 44.3 Å². The van der Waals surface area contributed by atoms with Gasteiger partial charge >= 0.3 is 0 Å². The fourth-order valence-electron chi connectivity index (χ4n) is 3.49. The molecule has 1 N–H and O–H groups in total. The Kier molecular flexibility index (Phi) is 6.18. The van der Waals surface area contributed by atoms with E-state index in [9.17, 15) is 5.26 Å². The van der Waals surface area contributed by atoms with Crippen LogP contribution in [0.1, 0.15) is 49.9 Å². The molecule has 0 amide bonds. The molecule has 26 heavy (non-hydrogen) atoms. The van der Waals surface area contributed by atoms with Crippen LogP contribution in [0.25, 0.3) is 0 Å². The summed E-state index contributed by atoms with van der Waals surface area (Å²) in [5, 5.41) is 25.7. The van der Waals surface area contributed by atoms with Gasteiger partial charge in [0.2, 0.25) is 0 Å². The van der Waals surface area contributed by atoms with Gasteiger partial charge in [-0.3, -0.25) is 4.68 Å². The summed E-state index contributed by atoms with van der Waals surface area (Å²) in [7, 11) is 0. The second kappa shape index (κ2) is 8.77. The molecule has 0 bridgehead atoms. The molecule has 2 aromatic rings. The van der Waals surface area contributed by atoms with Crippen LogP contribution in [0.15, 0.2) is 12.4 Å². The third-order valence-electron chi connectivity index (χ3n) is 4.95. The molecule has 1 saturated heterocycles. The van der Waals surface area contributed by atoms with Crippen molar-refractivity contribution in [2.75, 3.05) is 25.0 Å².